The van der Waals surface area contributed by atoms with Crippen molar-refractivity contribution in [1.82, 2.24) is 0 Å². The monoisotopic (exact) mass is 467 g/mol. The fraction of sp³-hybridized carbons (Fsp3) is 0.125. The second kappa shape index (κ2) is 8.84. The third kappa shape index (κ3) is 3.85. The van der Waals surface area contributed by atoms with Gasteiger partial charge >= 0.3 is 5.97 Å². The summed E-state index contributed by atoms with van der Waals surface area (Å²) in [6.07, 6.45) is 1.40. The molecule has 1 N–H and O–H groups in total. The number of benzene rings is 2. The number of halogens is 1. The molecule has 3 aromatic rings. The number of hydrogen-bond donors (Lipinski definition) is 1. The van der Waals surface area contributed by atoms with E-state index in [0.29, 0.717) is 11.4 Å². The number of esters is 1. The Morgan fingerprint density at radius 1 is 1.06 bits per heavy atom. The normalized spacial score (nSPS) is 17.3. The van der Waals surface area contributed by atoms with E-state index in [9.17, 15) is 19.5 Å². The third-order valence-corrected chi connectivity index (χ3v) is 5.54. The van der Waals surface area contributed by atoms with Crippen LogP contribution in [0, 0.1) is 0 Å². The maximum atomic E-state index is 13.1. The van der Waals surface area contributed by atoms with Gasteiger partial charge in [-0.25, -0.2) is 4.79 Å². The Morgan fingerprint density at radius 3 is 2.33 bits per heavy atom. The van der Waals surface area contributed by atoms with Crippen molar-refractivity contribution in [2.75, 3.05) is 19.1 Å². The number of anilines is 1. The number of nitrogens with zero attached hydrogens (tertiary/aromatic N) is 1. The number of methoxy groups -OCH3 is 2. The molecule has 2 heterocycles. The SMILES string of the molecule is COC(=O)c1ccc(N2C(=O)C(=O)/C(=C(\O)c3ccc(OC)c(Cl)c3)C2c2ccco2)cc1. The highest BCUT2D eigenvalue weighted by atomic mass is 35.5. The lowest BCUT2D eigenvalue weighted by Gasteiger charge is -2.23. The van der Waals surface area contributed by atoms with E-state index >= 15 is 0 Å². The zero-order valence-corrected chi connectivity index (χ0v) is 18.3. The summed E-state index contributed by atoms with van der Waals surface area (Å²) >= 11 is 6.18. The molecule has 0 radical (unpaired) electrons. The van der Waals surface area contributed by atoms with Gasteiger partial charge in [0, 0.05) is 11.3 Å². The smallest absolute Gasteiger partial charge is 0.337 e. The molecule has 0 aliphatic carbocycles. The molecule has 2 aromatic carbocycles. The standard InChI is InChI=1S/C24H18ClNO7/c1-31-17-10-7-14(12-16(17)25)21(27)19-20(18-4-3-11-33-18)26(23(29)22(19)28)15-8-5-13(6-9-15)24(30)32-2/h3-12,20,27H,1-2H3/b21-19-. The van der Waals surface area contributed by atoms with E-state index in [-0.39, 0.29) is 27.5 Å². The molecule has 1 fully saturated rings. The van der Waals surface area contributed by atoms with Crippen LogP contribution in [0.25, 0.3) is 5.76 Å². The highest BCUT2D eigenvalue weighted by Crippen LogP contribution is 2.42. The largest absolute Gasteiger partial charge is 0.507 e. The maximum absolute atomic E-state index is 13.1. The average molecular weight is 468 g/mol. The van der Waals surface area contributed by atoms with E-state index in [2.05, 4.69) is 0 Å². The number of amides is 1. The first-order chi connectivity index (χ1) is 15.9. The van der Waals surface area contributed by atoms with Gasteiger partial charge in [-0.05, 0) is 54.6 Å². The minimum atomic E-state index is -1.04. The van der Waals surface area contributed by atoms with Crippen LogP contribution < -0.4 is 9.64 Å². The summed E-state index contributed by atoms with van der Waals surface area (Å²) in [5, 5.41) is 11.3. The van der Waals surface area contributed by atoms with E-state index in [0.717, 1.165) is 0 Å². The lowest BCUT2D eigenvalue weighted by atomic mass is 9.99. The van der Waals surface area contributed by atoms with Crippen LogP contribution in [0.5, 0.6) is 5.75 Å². The Labute approximate surface area is 193 Å². The van der Waals surface area contributed by atoms with Gasteiger partial charge in [0.15, 0.2) is 0 Å². The predicted molar refractivity (Wildman–Crippen MR) is 119 cm³/mol. The molecule has 168 valence electrons. The summed E-state index contributed by atoms with van der Waals surface area (Å²) in [6.45, 7) is 0. The predicted octanol–water partition coefficient (Wildman–Crippen LogP) is 4.35. The minimum Gasteiger partial charge on any atom is -0.507 e. The molecular formula is C24H18ClNO7. The molecule has 8 nitrogen and oxygen atoms in total. The van der Waals surface area contributed by atoms with Gasteiger partial charge in [0.1, 0.15) is 23.3 Å². The first-order valence-electron chi connectivity index (χ1n) is 9.74. The zero-order chi connectivity index (χ0) is 23.7. The Hall–Kier alpha value is -4.04. The van der Waals surface area contributed by atoms with Crippen molar-refractivity contribution >= 4 is 40.7 Å². The minimum absolute atomic E-state index is 0.159. The second-order valence-electron chi connectivity index (χ2n) is 7.07. The Bertz CT molecular complexity index is 1260. The molecule has 9 heteroatoms. The van der Waals surface area contributed by atoms with Gasteiger partial charge in [0.25, 0.3) is 11.7 Å². The number of rotatable bonds is 5. The topological polar surface area (TPSA) is 106 Å². The van der Waals surface area contributed by atoms with Gasteiger partial charge in [-0.2, -0.15) is 0 Å². The van der Waals surface area contributed by atoms with Crippen LogP contribution in [-0.4, -0.2) is 37.0 Å². The zero-order valence-electron chi connectivity index (χ0n) is 17.6. The third-order valence-electron chi connectivity index (χ3n) is 5.25. The van der Waals surface area contributed by atoms with Crippen LogP contribution in [-0.2, 0) is 14.3 Å². The lowest BCUT2D eigenvalue weighted by Crippen LogP contribution is -2.29. The molecule has 1 saturated heterocycles. The summed E-state index contributed by atoms with van der Waals surface area (Å²) in [7, 11) is 2.71. The van der Waals surface area contributed by atoms with Crippen molar-refractivity contribution in [3.63, 3.8) is 0 Å². The maximum Gasteiger partial charge on any atom is 0.337 e. The fourth-order valence-corrected chi connectivity index (χ4v) is 3.92. The van der Waals surface area contributed by atoms with E-state index in [1.54, 1.807) is 18.2 Å². The molecule has 0 saturated carbocycles. The molecule has 1 unspecified atom stereocenters. The number of carbonyl (C=O) groups excluding carboxylic acids is 3. The van der Waals surface area contributed by atoms with Crippen LogP contribution in [0.3, 0.4) is 0 Å². The Morgan fingerprint density at radius 2 is 1.76 bits per heavy atom. The van der Waals surface area contributed by atoms with Crippen molar-refractivity contribution in [1.29, 1.82) is 0 Å². The Balaban J connectivity index is 1.85. The molecule has 0 spiro atoms. The van der Waals surface area contributed by atoms with E-state index in [4.69, 9.17) is 25.5 Å². The van der Waals surface area contributed by atoms with E-state index < -0.39 is 29.5 Å². The molecule has 0 bridgehead atoms. The molecular weight excluding hydrogens is 450 g/mol. The summed E-state index contributed by atoms with van der Waals surface area (Å²) in [6, 6.07) is 12.7. The molecule has 1 atom stereocenters. The Kier molecular flexibility index (Phi) is 5.93. The van der Waals surface area contributed by atoms with Gasteiger partial charge in [-0.15, -0.1) is 0 Å². The average Bonchev–Trinajstić information content (AvgIpc) is 3.45. The van der Waals surface area contributed by atoms with E-state index in [1.807, 2.05) is 0 Å². The number of Topliss-reactive ketones (excluding diaryl/α,β-unsaturated/α-hetero) is 1. The fourth-order valence-electron chi connectivity index (χ4n) is 3.66. The molecule has 1 aromatic heterocycles. The summed E-state index contributed by atoms with van der Waals surface area (Å²) in [4.78, 5) is 39.1. The van der Waals surface area contributed by atoms with Gasteiger partial charge in [0.2, 0.25) is 0 Å². The summed E-state index contributed by atoms with van der Waals surface area (Å²) in [5.41, 5.74) is 0.683. The summed E-state index contributed by atoms with van der Waals surface area (Å²) < 4.78 is 15.3. The number of hydrogen-bond acceptors (Lipinski definition) is 7. The van der Waals surface area contributed by atoms with Gasteiger partial charge in [-0.1, -0.05) is 11.6 Å². The van der Waals surface area contributed by atoms with Crippen molar-refractivity contribution in [2.24, 2.45) is 0 Å². The first-order valence-corrected chi connectivity index (χ1v) is 10.1. The van der Waals surface area contributed by atoms with Crippen LogP contribution in [0.1, 0.15) is 27.7 Å². The highest BCUT2D eigenvalue weighted by molar-refractivity contribution is 6.51. The van der Waals surface area contributed by atoms with E-state index in [1.165, 1.54) is 61.8 Å². The van der Waals surface area contributed by atoms with Gasteiger partial charge in [0.05, 0.1) is 36.6 Å². The highest BCUT2D eigenvalue weighted by Gasteiger charge is 2.48. The number of aliphatic hydroxyl groups excluding tert-OH is 1. The van der Waals surface area contributed by atoms with Crippen molar-refractivity contribution in [3.05, 3.63) is 88.3 Å². The molecule has 1 amide bonds. The first kappa shape index (κ1) is 22.2. The summed E-state index contributed by atoms with van der Waals surface area (Å²) in [5.74, 6) is -2.04. The second-order valence-corrected chi connectivity index (χ2v) is 7.48. The number of ketones is 1. The van der Waals surface area contributed by atoms with Crippen molar-refractivity contribution in [2.45, 2.75) is 6.04 Å². The molecule has 33 heavy (non-hydrogen) atoms. The van der Waals surface area contributed by atoms with Crippen molar-refractivity contribution < 1.29 is 33.4 Å². The van der Waals surface area contributed by atoms with Gasteiger partial charge < -0.3 is 19.0 Å². The molecule has 1 aliphatic heterocycles. The number of furan rings is 1. The van der Waals surface area contributed by atoms with Gasteiger partial charge in [-0.3, -0.25) is 14.5 Å². The van der Waals surface area contributed by atoms with Crippen molar-refractivity contribution in [3.8, 4) is 5.75 Å². The lowest BCUT2D eigenvalue weighted by molar-refractivity contribution is -0.132. The quantitative estimate of drug-likeness (QED) is 0.257. The molecule has 1 aliphatic rings. The number of aliphatic hydroxyl groups is 1. The van der Waals surface area contributed by atoms with Crippen LogP contribution in [0.2, 0.25) is 5.02 Å². The number of ether oxygens (including phenoxy) is 2. The van der Waals surface area contributed by atoms with Crippen LogP contribution >= 0.6 is 11.6 Å². The van der Waals surface area contributed by atoms with Crippen LogP contribution in [0.4, 0.5) is 5.69 Å². The number of carbonyl (C=O) groups is 3. The van der Waals surface area contributed by atoms with Crippen LogP contribution in [0.15, 0.2) is 70.9 Å². The molecule has 4 rings (SSSR count).